The predicted molar refractivity (Wildman–Crippen MR) is 97.0 cm³/mol. The smallest absolute Gasteiger partial charge is 0.310 e. The lowest BCUT2D eigenvalue weighted by atomic mass is 9.98. The second-order valence-electron chi connectivity index (χ2n) is 6.84. The summed E-state index contributed by atoms with van der Waals surface area (Å²) in [6.07, 6.45) is 2.15. The molecule has 0 aliphatic carbocycles. The second-order valence-corrected chi connectivity index (χ2v) is 6.84. The number of hydrogen-bond donors (Lipinski definition) is 0. The van der Waals surface area contributed by atoms with Crippen LogP contribution < -0.4 is 0 Å². The summed E-state index contributed by atoms with van der Waals surface area (Å²) in [4.78, 5) is 51.9. The molecule has 2 aliphatic rings. The first-order chi connectivity index (χ1) is 13.0. The molecule has 0 N–H and O–H groups in total. The Labute approximate surface area is 158 Å². The fourth-order valence-corrected chi connectivity index (χ4v) is 3.64. The molecule has 1 unspecified atom stereocenters. The van der Waals surface area contributed by atoms with Crippen molar-refractivity contribution in [2.24, 2.45) is 5.92 Å². The van der Waals surface area contributed by atoms with Crippen molar-refractivity contribution in [3.05, 3.63) is 35.4 Å². The maximum atomic E-state index is 12.5. The topological polar surface area (TPSA) is 84.0 Å². The minimum Gasteiger partial charge on any atom is -0.466 e. The van der Waals surface area contributed by atoms with Crippen LogP contribution in [-0.4, -0.2) is 59.7 Å². The van der Waals surface area contributed by atoms with E-state index in [1.54, 1.807) is 36.1 Å². The summed E-state index contributed by atoms with van der Waals surface area (Å²) in [6, 6.07) is 6.74. The highest BCUT2D eigenvalue weighted by Crippen LogP contribution is 2.23. The van der Waals surface area contributed by atoms with E-state index >= 15 is 0 Å². The summed E-state index contributed by atoms with van der Waals surface area (Å²) >= 11 is 0. The minimum absolute atomic E-state index is 0.0550. The predicted octanol–water partition coefficient (Wildman–Crippen LogP) is 1.86. The van der Waals surface area contributed by atoms with Crippen molar-refractivity contribution in [3.8, 4) is 0 Å². The summed E-state index contributed by atoms with van der Waals surface area (Å²) in [6.45, 7) is 3.33. The van der Waals surface area contributed by atoms with Crippen LogP contribution in [-0.2, 0) is 14.3 Å². The van der Waals surface area contributed by atoms with Gasteiger partial charge in [-0.15, -0.1) is 0 Å². The van der Waals surface area contributed by atoms with Crippen molar-refractivity contribution in [2.75, 3.05) is 26.2 Å². The first-order valence-electron chi connectivity index (χ1n) is 9.42. The molecule has 7 nitrogen and oxygen atoms in total. The third-order valence-corrected chi connectivity index (χ3v) is 5.04. The Morgan fingerprint density at radius 1 is 1.15 bits per heavy atom. The zero-order valence-corrected chi connectivity index (χ0v) is 15.5. The molecule has 27 heavy (non-hydrogen) atoms. The number of nitrogens with zero attached hydrogens (tertiary/aromatic N) is 2. The Hall–Kier alpha value is -2.70. The highest BCUT2D eigenvalue weighted by Gasteiger charge is 2.35. The monoisotopic (exact) mass is 372 g/mol. The van der Waals surface area contributed by atoms with Crippen molar-refractivity contribution in [1.29, 1.82) is 0 Å². The number of fused-ring (bicyclic) bond motifs is 1. The van der Waals surface area contributed by atoms with Gasteiger partial charge in [0.05, 0.1) is 23.7 Å². The molecule has 1 atom stereocenters. The largest absolute Gasteiger partial charge is 0.466 e. The number of amides is 3. The Kier molecular flexibility index (Phi) is 5.88. The standard InChI is InChI=1S/C20H24N2O5/c1-2-27-20(26)14-7-5-11-21(13-14)17(23)10-6-12-22-18(24)15-8-3-4-9-16(15)19(22)25/h3-4,8-9,14H,2,5-7,10-13H2,1H3. The molecule has 3 amide bonds. The van der Waals surface area contributed by atoms with Crippen LogP contribution >= 0.6 is 0 Å². The van der Waals surface area contributed by atoms with Crippen LogP contribution in [0.4, 0.5) is 0 Å². The molecule has 1 aromatic carbocycles. The highest BCUT2D eigenvalue weighted by atomic mass is 16.5. The van der Waals surface area contributed by atoms with E-state index in [1.807, 2.05) is 0 Å². The van der Waals surface area contributed by atoms with E-state index in [0.29, 0.717) is 37.2 Å². The SMILES string of the molecule is CCOC(=O)C1CCCN(C(=O)CCCN2C(=O)c3ccccc3C2=O)C1. The molecular formula is C20H24N2O5. The van der Waals surface area contributed by atoms with Crippen molar-refractivity contribution in [1.82, 2.24) is 9.80 Å². The fourth-order valence-electron chi connectivity index (χ4n) is 3.64. The summed E-state index contributed by atoms with van der Waals surface area (Å²) in [5.41, 5.74) is 0.837. The number of benzene rings is 1. The molecule has 0 saturated carbocycles. The van der Waals surface area contributed by atoms with Gasteiger partial charge < -0.3 is 9.64 Å². The van der Waals surface area contributed by atoms with Crippen molar-refractivity contribution in [3.63, 3.8) is 0 Å². The number of carbonyl (C=O) groups excluding carboxylic acids is 4. The van der Waals surface area contributed by atoms with Crippen molar-refractivity contribution >= 4 is 23.7 Å². The van der Waals surface area contributed by atoms with Gasteiger partial charge in [0.1, 0.15) is 0 Å². The lowest BCUT2D eigenvalue weighted by Gasteiger charge is -2.31. The number of imide groups is 1. The molecule has 2 aliphatic heterocycles. The maximum Gasteiger partial charge on any atom is 0.310 e. The van der Waals surface area contributed by atoms with Crippen molar-refractivity contribution < 1.29 is 23.9 Å². The van der Waals surface area contributed by atoms with Gasteiger partial charge in [0.25, 0.3) is 11.8 Å². The Bertz CT molecular complexity index is 725. The summed E-state index contributed by atoms with van der Waals surface area (Å²) in [7, 11) is 0. The first kappa shape index (κ1) is 19.1. The van der Waals surface area contributed by atoms with Crippen LogP contribution in [0.5, 0.6) is 0 Å². The van der Waals surface area contributed by atoms with E-state index in [-0.39, 0.29) is 42.6 Å². The molecule has 0 bridgehead atoms. The first-order valence-corrected chi connectivity index (χ1v) is 9.42. The van der Waals surface area contributed by atoms with Gasteiger partial charge in [-0.3, -0.25) is 24.1 Å². The molecule has 7 heteroatoms. The Balaban J connectivity index is 1.49. The molecule has 1 saturated heterocycles. The summed E-state index contributed by atoms with van der Waals surface area (Å²) in [5, 5.41) is 0. The lowest BCUT2D eigenvalue weighted by Crippen LogP contribution is -2.43. The van der Waals surface area contributed by atoms with E-state index in [9.17, 15) is 19.2 Å². The molecule has 1 aromatic rings. The van der Waals surface area contributed by atoms with Gasteiger partial charge in [0.2, 0.25) is 5.91 Å². The quantitative estimate of drug-likeness (QED) is 0.562. The van der Waals surface area contributed by atoms with Crippen LogP contribution in [0, 0.1) is 5.92 Å². The van der Waals surface area contributed by atoms with Crippen molar-refractivity contribution in [2.45, 2.75) is 32.6 Å². The van der Waals surface area contributed by atoms with E-state index < -0.39 is 0 Å². The normalized spacial score (nSPS) is 19.2. The van der Waals surface area contributed by atoms with Crippen LogP contribution in [0.1, 0.15) is 53.3 Å². The average Bonchev–Trinajstić information content (AvgIpc) is 2.93. The molecule has 0 aromatic heterocycles. The van der Waals surface area contributed by atoms with E-state index in [1.165, 1.54) is 4.90 Å². The number of likely N-dealkylation sites (tertiary alicyclic amines) is 1. The van der Waals surface area contributed by atoms with Gasteiger partial charge in [0, 0.05) is 26.1 Å². The Morgan fingerprint density at radius 3 is 2.44 bits per heavy atom. The van der Waals surface area contributed by atoms with Gasteiger partial charge >= 0.3 is 5.97 Å². The molecular weight excluding hydrogens is 348 g/mol. The van der Waals surface area contributed by atoms with E-state index in [0.717, 1.165) is 12.8 Å². The number of rotatable bonds is 6. The Morgan fingerprint density at radius 2 is 1.81 bits per heavy atom. The zero-order valence-electron chi connectivity index (χ0n) is 15.5. The summed E-state index contributed by atoms with van der Waals surface area (Å²) in [5.74, 6) is -1.17. The molecule has 3 rings (SSSR count). The van der Waals surface area contributed by atoms with Crippen LogP contribution in [0.15, 0.2) is 24.3 Å². The van der Waals surface area contributed by atoms with Gasteiger partial charge in [-0.05, 0) is 38.3 Å². The van der Waals surface area contributed by atoms with E-state index in [4.69, 9.17) is 4.74 Å². The second kappa shape index (κ2) is 8.33. The highest BCUT2D eigenvalue weighted by molar-refractivity contribution is 6.21. The fraction of sp³-hybridized carbons (Fsp3) is 0.500. The molecule has 0 radical (unpaired) electrons. The van der Waals surface area contributed by atoms with Gasteiger partial charge in [-0.25, -0.2) is 0 Å². The van der Waals surface area contributed by atoms with Gasteiger partial charge in [-0.2, -0.15) is 0 Å². The number of piperidine rings is 1. The number of hydrogen-bond acceptors (Lipinski definition) is 5. The van der Waals surface area contributed by atoms with E-state index in [2.05, 4.69) is 0 Å². The van der Waals surface area contributed by atoms with Gasteiger partial charge in [-0.1, -0.05) is 12.1 Å². The van der Waals surface area contributed by atoms with Gasteiger partial charge in [0.15, 0.2) is 0 Å². The summed E-state index contributed by atoms with van der Waals surface area (Å²) < 4.78 is 5.05. The van der Waals surface area contributed by atoms with Crippen LogP contribution in [0.2, 0.25) is 0 Å². The lowest BCUT2D eigenvalue weighted by molar-refractivity contribution is -0.151. The molecule has 144 valence electrons. The van der Waals surface area contributed by atoms with Crippen LogP contribution in [0.25, 0.3) is 0 Å². The number of carbonyl (C=O) groups is 4. The molecule has 1 fully saturated rings. The third kappa shape index (κ3) is 4.02. The zero-order chi connectivity index (χ0) is 19.4. The number of esters is 1. The third-order valence-electron chi connectivity index (χ3n) is 5.04. The minimum atomic E-state index is -0.302. The maximum absolute atomic E-state index is 12.5. The van der Waals surface area contributed by atoms with Crippen LogP contribution in [0.3, 0.4) is 0 Å². The number of ether oxygens (including phenoxy) is 1. The molecule has 0 spiro atoms. The average molecular weight is 372 g/mol. The molecule has 2 heterocycles.